The Balaban J connectivity index is 1.95. The van der Waals surface area contributed by atoms with Gasteiger partial charge in [0.1, 0.15) is 11.8 Å². The van der Waals surface area contributed by atoms with Crippen LogP contribution in [0.3, 0.4) is 0 Å². The van der Waals surface area contributed by atoms with E-state index < -0.39 is 6.04 Å². The summed E-state index contributed by atoms with van der Waals surface area (Å²) in [6.07, 6.45) is 0. The molecule has 124 valence electrons. The van der Waals surface area contributed by atoms with E-state index in [0.29, 0.717) is 0 Å². The van der Waals surface area contributed by atoms with Crippen LogP contribution in [0.1, 0.15) is 28.8 Å². The monoisotopic (exact) mass is 328 g/mol. The van der Waals surface area contributed by atoms with Gasteiger partial charge in [-0.15, -0.1) is 0 Å². The molecule has 3 nitrogen and oxygen atoms in total. The minimum absolute atomic E-state index is 0.0711. The van der Waals surface area contributed by atoms with E-state index in [1.54, 1.807) is 7.11 Å². The molecule has 0 radical (unpaired) electrons. The molecule has 3 heteroatoms. The zero-order valence-corrected chi connectivity index (χ0v) is 14.1. The summed E-state index contributed by atoms with van der Waals surface area (Å²) in [4.78, 5) is 0. The van der Waals surface area contributed by atoms with Crippen molar-refractivity contribution in [3.63, 3.8) is 0 Å². The number of hydrogen-bond donors (Lipinski definition) is 1. The Kier molecular flexibility index (Phi) is 5.46. The Labute approximate surface area is 148 Å². The van der Waals surface area contributed by atoms with Crippen molar-refractivity contribution >= 4 is 0 Å². The van der Waals surface area contributed by atoms with Crippen molar-refractivity contribution in [1.82, 2.24) is 5.32 Å². The van der Waals surface area contributed by atoms with Gasteiger partial charge in [0.05, 0.1) is 19.2 Å². The van der Waals surface area contributed by atoms with E-state index in [1.165, 1.54) is 0 Å². The first-order valence-corrected chi connectivity index (χ1v) is 8.21. The van der Waals surface area contributed by atoms with Crippen LogP contribution in [0.5, 0.6) is 5.75 Å². The van der Waals surface area contributed by atoms with Gasteiger partial charge in [-0.1, -0.05) is 72.8 Å². The molecule has 25 heavy (non-hydrogen) atoms. The van der Waals surface area contributed by atoms with Crippen molar-refractivity contribution < 1.29 is 4.74 Å². The fraction of sp³-hybridized carbons (Fsp3) is 0.136. The number of ether oxygens (including phenoxy) is 1. The third-order valence-electron chi connectivity index (χ3n) is 4.16. The van der Waals surface area contributed by atoms with Crippen LogP contribution in [0.25, 0.3) is 0 Å². The summed E-state index contributed by atoms with van der Waals surface area (Å²) in [5.74, 6) is 0.746. The molecule has 0 saturated heterocycles. The minimum atomic E-state index is -0.444. The molecular weight excluding hydrogens is 308 g/mol. The van der Waals surface area contributed by atoms with Gasteiger partial charge in [0.25, 0.3) is 0 Å². The normalized spacial score (nSPS) is 11.7. The van der Waals surface area contributed by atoms with E-state index in [1.807, 2.05) is 60.7 Å². The van der Waals surface area contributed by atoms with Gasteiger partial charge in [-0.25, -0.2) is 0 Å². The zero-order chi connectivity index (χ0) is 17.5. The summed E-state index contributed by atoms with van der Waals surface area (Å²) < 4.78 is 5.29. The van der Waals surface area contributed by atoms with Crippen LogP contribution >= 0.6 is 0 Å². The van der Waals surface area contributed by atoms with Crippen LogP contribution in [0.2, 0.25) is 0 Å². The van der Waals surface area contributed by atoms with Crippen LogP contribution in [0.4, 0.5) is 0 Å². The smallest absolute Gasteiger partial charge is 0.122 e. The Bertz CT molecular complexity index is 801. The van der Waals surface area contributed by atoms with E-state index >= 15 is 0 Å². The van der Waals surface area contributed by atoms with E-state index in [4.69, 9.17) is 4.74 Å². The number of rotatable bonds is 6. The third kappa shape index (κ3) is 4.06. The molecule has 0 bridgehead atoms. The number of methoxy groups -OCH3 is 1. The molecule has 3 aromatic carbocycles. The molecule has 0 aliphatic rings. The fourth-order valence-corrected chi connectivity index (χ4v) is 2.87. The van der Waals surface area contributed by atoms with Gasteiger partial charge in [0.15, 0.2) is 0 Å². The number of benzene rings is 3. The lowest BCUT2D eigenvalue weighted by Gasteiger charge is -2.23. The largest absolute Gasteiger partial charge is 0.497 e. The van der Waals surface area contributed by atoms with E-state index in [-0.39, 0.29) is 6.04 Å². The molecule has 1 N–H and O–H groups in total. The summed E-state index contributed by atoms with van der Waals surface area (Å²) in [6, 6.07) is 29.8. The maximum Gasteiger partial charge on any atom is 0.122 e. The number of hydrogen-bond acceptors (Lipinski definition) is 3. The minimum Gasteiger partial charge on any atom is -0.497 e. The third-order valence-corrected chi connectivity index (χ3v) is 4.16. The Morgan fingerprint density at radius 1 is 0.800 bits per heavy atom. The maximum atomic E-state index is 9.73. The average molecular weight is 328 g/mol. The Morgan fingerprint density at radius 3 is 1.88 bits per heavy atom. The lowest BCUT2D eigenvalue weighted by Crippen LogP contribution is -2.26. The second-order valence-electron chi connectivity index (χ2n) is 5.76. The van der Waals surface area contributed by atoms with Gasteiger partial charge in [-0.05, 0) is 28.8 Å². The van der Waals surface area contributed by atoms with Crippen LogP contribution in [0, 0.1) is 11.3 Å². The molecule has 0 heterocycles. The molecular formula is C22H20N2O. The molecule has 0 aliphatic heterocycles. The molecule has 3 aromatic rings. The van der Waals surface area contributed by atoms with Gasteiger partial charge in [-0.3, -0.25) is 5.32 Å². The first-order valence-electron chi connectivity index (χ1n) is 8.21. The highest BCUT2D eigenvalue weighted by Crippen LogP contribution is 2.27. The number of nitrogens with one attached hydrogen (secondary N) is 1. The second-order valence-corrected chi connectivity index (χ2v) is 5.76. The Hall–Kier alpha value is -3.09. The molecule has 0 aliphatic carbocycles. The topological polar surface area (TPSA) is 45.0 Å². The van der Waals surface area contributed by atoms with Crippen molar-refractivity contribution in [1.29, 1.82) is 5.26 Å². The summed E-state index contributed by atoms with van der Waals surface area (Å²) in [5.41, 5.74) is 3.13. The quantitative estimate of drug-likeness (QED) is 0.717. The predicted octanol–water partition coefficient (Wildman–Crippen LogP) is 4.64. The fourth-order valence-electron chi connectivity index (χ4n) is 2.87. The van der Waals surface area contributed by atoms with Crippen molar-refractivity contribution in [3.05, 3.63) is 102 Å². The molecule has 1 atom stereocenters. The van der Waals surface area contributed by atoms with E-state index in [9.17, 15) is 5.26 Å². The Morgan fingerprint density at radius 2 is 1.36 bits per heavy atom. The number of nitrogens with zero attached hydrogens (tertiary/aromatic N) is 1. The van der Waals surface area contributed by atoms with Crippen molar-refractivity contribution in [2.75, 3.05) is 7.11 Å². The molecule has 0 aromatic heterocycles. The second kappa shape index (κ2) is 8.14. The van der Waals surface area contributed by atoms with Crippen molar-refractivity contribution in [2.24, 2.45) is 0 Å². The summed E-state index contributed by atoms with van der Waals surface area (Å²) >= 11 is 0. The van der Waals surface area contributed by atoms with Crippen LogP contribution in [-0.4, -0.2) is 7.11 Å². The van der Waals surface area contributed by atoms with Crippen molar-refractivity contribution in [3.8, 4) is 11.8 Å². The van der Waals surface area contributed by atoms with Crippen LogP contribution < -0.4 is 10.1 Å². The summed E-state index contributed by atoms with van der Waals surface area (Å²) in [5, 5.41) is 13.2. The SMILES string of the molecule is COc1cccc([C@@H](C#N)NC(c2ccccc2)c2ccccc2)c1. The molecule has 3 rings (SSSR count). The lowest BCUT2D eigenvalue weighted by molar-refractivity contribution is 0.413. The van der Waals surface area contributed by atoms with Gasteiger partial charge in [0, 0.05) is 0 Å². The molecule has 0 spiro atoms. The molecule has 0 fully saturated rings. The average Bonchev–Trinajstić information content (AvgIpc) is 2.70. The molecule has 0 saturated carbocycles. The van der Waals surface area contributed by atoms with Gasteiger partial charge in [0.2, 0.25) is 0 Å². The van der Waals surface area contributed by atoms with Gasteiger partial charge < -0.3 is 4.74 Å². The standard InChI is InChI=1S/C22H20N2O/c1-25-20-14-8-13-19(15-20)21(16-23)24-22(17-9-4-2-5-10-17)18-11-6-3-7-12-18/h2-15,21-22,24H,1H3/t21-/m1/s1. The maximum absolute atomic E-state index is 9.73. The van der Waals surface area contributed by atoms with Crippen LogP contribution in [-0.2, 0) is 0 Å². The highest BCUT2D eigenvalue weighted by molar-refractivity contribution is 5.36. The molecule has 0 amide bonds. The van der Waals surface area contributed by atoms with Crippen LogP contribution in [0.15, 0.2) is 84.9 Å². The first-order chi connectivity index (χ1) is 12.3. The van der Waals surface area contributed by atoms with E-state index in [0.717, 1.165) is 22.4 Å². The zero-order valence-electron chi connectivity index (χ0n) is 14.1. The van der Waals surface area contributed by atoms with E-state index in [2.05, 4.69) is 35.7 Å². The summed E-state index contributed by atoms with van der Waals surface area (Å²) in [6.45, 7) is 0. The van der Waals surface area contributed by atoms with Gasteiger partial charge >= 0.3 is 0 Å². The lowest BCUT2D eigenvalue weighted by atomic mass is 9.96. The first kappa shape index (κ1) is 16.8. The molecule has 0 unspecified atom stereocenters. The highest BCUT2D eigenvalue weighted by atomic mass is 16.5. The highest BCUT2D eigenvalue weighted by Gasteiger charge is 2.20. The predicted molar refractivity (Wildman–Crippen MR) is 99.2 cm³/mol. The number of nitriles is 1. The van der Waals surface area contributed by atoms with Crippen molar-refractivity contribution in [2.45, 2.75) is 12.1 Å². The van der Waals surface area contributed by atoms with Gasteiger partial charge in [-0.2, -0.15) is 5.26 Å². The summed E-state index contributed by atoms with van der Waals surface area (Å²) in [7, 11) is 1.63.